The van der Waals surface area contributed by atoms with Crippen LogP contribution in [-0.2, 0) is 0 Å². The fraction of sp³-hybridized carbons (Fsp3) is 0.278. The van der Waals surface area contributed by atoms with Crippen molar-refractivity contribution in [2.45, 2.75) is 18.8 Å². The highest BCUT2D eigenvalue weighted by molar-refractivity contribution is 7.12. The molecule has 1 aliphatic rings. The number of carboxylic acids is 1. The lowest BCUT2D eigenvalue weighted by Gasteiger charge is -2.31. The van der Waals surface area contributed by atoms with E-state index in [2.05, 4.69) is 4.98 Å². The van der Waals surface area contributed by atoms with Gasteiger partial charge in [-0.2, -0.15) is 0 Å². The fourth-order valence-electron chi connectivity index (χ4n) is 3.13. The van der Waals surface area contributed by atoms with Gasteiger partial charge in [-0.15, -0.1) is 11.3 Å². The number of carbonyl (C=O) groups is 2. The number of amides is 1. The summed E-state index contributed by atoms with van der Waals surface area (Å²) < 4.78 is 28.3. The normalized spacial score (nSPS) is 16.6. The molecule has 3 aromatic heterocycles. The van der Waals surface area contributed by atoms with Crippen LogP contribution in [0.1, 0.15) is 32.9 Å². The Bertz CT molecular complexity index is 1030. The molecule has 140 valence electrons. The monoisotopic (exact) mass is 391 g/mol. The number of hydrogen-bond donors (Lipinski definition) is 1. The van der Waals surface area contributed by atoms with Crippen molar-refractivity contribution in [3.8, 4) is 5.69 Å². The minimum atomic E-state index is -2.70. The van der Waals surface area contributed by atoms with Gasteiger partial charge >= 0.3 is 5.97 Å². The third kappa shape index (κ3) is 3.30. The number of alkyl halides is 2. The first kappa shape index (κ1) is 17.6. The Morgan fingerprint density at radius 1 is 1.22 bits per heavy atom. The maximum atomic E-state index is 13.3. The number of hydrogen-bond acceptors (Lipinski definition) is 4. The van der Waals surface area contributed by atoms with Crippen molar-refractivity contribution >= 4 is 34.2 Å². The fourth-order valence-corrected chi connectivity index (χ4v) is 3.85. The lowest BCUT2D eigenvalue weighted by Crippen LogP contribution is -2.42. The number of rotatable bonds is 3. The van der Waals surface area contributed by atoms with Crippen LogP contribution in [0.15, 0.2) is 36.0 Å². The number of fused-ring (bicyclic) bond motifs is 1. The van der Waals surface area contributed by atoms with Crippen LogP contribution in [0.25, 0.3) is 16.7 Å². The molecule has 3 aromatic rings. The lowest BCUT2D eigenvalue weighted by atomic mass is 10.1. The number of nitrogens with zero attached hydrogens (tertiary/aromatic N) is 3. The van der Waals surface area contributed by atoms with Crippen LogP contribution in [0.4, 0.5) is 8.78 Å². The van der Waals surface area contributed by atoms with Gasteiger partial charge in [0.05, 0.1) is 11.3 Å². The van der Waals surface area contributed by atoms with E-state index in [1.54, 1.807) is 34.3 Å². The molecule has 0 unspecified atom stereocenters. The third-order valence-electron chi connectivity index (χ3n) is 4.63. The average molecular weight is 391 g/mol. The van der Waals surface area contributed by atoms with E-state index in [9.17, 15) is 18.4 Å². The summed E-state index contributed by atoms with van der Waals surface area (Å²) in [5, 5.41) is 11.5. The number of thiophene rings is 1. The SMILES string of the molecule is O=C(O)c1cc(-n2ccc3cc(C(=O)N4CCC(F)(F)CC4)cnc32)cs1. The molecule has 0 saturated carbocycles. The number of likely N-dealkylation sites (tertiary alicyclic amines) is 1. The standard InChI is InChI=1S/C18H15F2N3O3S/c19-18(20)2-5-22(6-3-18)16(24)12-7-11-1-4-23(15(11)21-9-12)13-8-14(17(25)26)27-10-13/h1,4,7-10H,2-3,5-6H2,(H,25,26). The molecule has 1 amide bonds. The summed E-state index contributed by atoms with van der Waals surface area (Å²) in [7, 11) is 0. The number of aromatic carboxylic acids is 1. The zero-order valence-corrected chi connectivity index (χ0v) is 14.9. The van der Waals surface area contributed by atoms with Crippen molar-refractivity contribution < 1.29 is 23.5 Å². The minimum absolute atomic E-state index is 0.0255. The van der Waals surface area contributed by atoms with Gasteiger partial charge in [-0.05, 0) is 18.2 Å². The Morgan fingerprint density at radius 2 is 1.96 bits per heavy atom. The quantitative estimate of drug-likeness (QED) is 0.739. The summed E-state index contributed by atoms with van der Waals surface area (Å²) in [6.45, 7) is 0.0511. The van der Waals surface area contributed by atoms with E-state index in [-0.39, 0.29) is 36.7 Å². The number of carbonyl (C=O) groups excluding carboxylic acids is 1. The molecular formula is C18H15F2N3O3S. The van der Waals surface area contributed by atoms with E-state index >= 15 is 0 Å². The Hall–Kier alpha value is -2.81. The highest BCUT2D eigenvalue weighted by Gasteiger charge is 2.35. The van der Waals surface area contributed by atoms with Gasteiger partial charge in [-0.25, -0.2) is 18.6 Å². The second kappa shape index (κ2) is 6.41. The van der Waals surface area contributed by atoms with Crippen molar-refractivity contribution in [2.75, 3.05) is 13.1 Å². The molecule has 4 heterocycles. The summed E-state index contributed by atoms with van der Waals surface area (Å²) in [6.07, 6.45) is 2.53. The first-order valence-electron chi connectivity index (χ1n) is 8.30. The summed E-state index contributed by atoms with van der Waals surface area (Å²) in [6, 6.07) is 5.01. The predicted molar refractivity (Wildman–Crippen MR) is 96.0 cm³/mol. The second-order valence-electron chi connectivity index (χ2n) is 6.45. The van der Waals surface area contributed by atoms with Crippen LogP contribution in [0.5, 0.6) is 0 Å². The third-order valence-corrected chi connectivity index (χ3v) is 5.54. The van der Waals surface area contributed by atoms with Crippen molar-refractivity contribution in [2.24, 2.45) is 0 Å². The molecule has 0 spiro atoms. The molecule has 0 bridgehead atoms. The van der Waals surface area contributed by atoms with Gasteiger partial charge in [0.25, 0.3) is 11.8 Å². The summed E-state index contributed by atoms with van der Waals surface area (Å²) in [5.41, 5.74) is 1.62. The number of piperidine rings is 1. The highest BCUT2D eigenvalue weighted by Crippen LogP contribution is 2.29. The predicted octanol–water partition coefficient (Wildman–Crippen LogP) is 3.66. The first-order chi connectivity index (χ1) is 12.8. The minimum Gasteiger partial charge on any atom is -0.477 e. The highest BCUT2D eigenvalue weighted by atomic mass is 32.1. The number of pyridine rings is 1. The van der Waals surface area contributed by atoms with Gasteiger partial charge < -0.3 is 14.6 Å². The van der Waals surface area contributed by atoms with E-state index < -0.39 is 11.9 Å². The maximum absolute atomic E-state index is 13.3. The van der Waals surface area contributed by atoms with Gasteiger partial charge in [-0.1, -0.05) is 0 Å². The molecule has 9 heteroatoms. The molecule has 1 fully saturated rings. The van der Waals surface area contributed by atoms with Crippen molar-refractivity contribution in [1.29, 1.82) is 0 Å². The molecule has 0 aromatic carbocycles. The first-order valence-corrected chi connectivity index (χ1v) is 9.18. The molecule has 0 radical (unpaired) electrons. The topological polar surface area (TPSA) is 75.4 Å². The largest absolute Gasteiger partial charge is 0.477 e. The van der Waals surface area contributed by atoms with Gasteiger partial charge in [-0.3, -0.25) is 4.79 Å². The zero-order valence-electron chi connectivity index (χ0n) is 14.1. The molecule has 1 N–H and O–H groups in total. The number of halogens is 2. The average Bonchev–Trinajstić information content (AvgIpc) is 3.27. The molecule has 1 aliphatic heterocycles. The Morgan fingerprint density at radius 3 is 2.63 bits per heavy atom. The van der Waals surface area contributed by atoms with Gasteiger partial charge in [0.2, 0.25) is 0 Å². The summed E-state index contributed by atoms with van der Waals surface area (Å²) in [5.74, 6) is -4.00. The van der Waals surface area contributed by atoms with Crippen LogP contribution in [0.3, 0.4) is 0 Å². The van der Waals surface area contributed by atoms with Crippen molar-refractivity contribution in [3.63, 3.8) is 0 Å². The van der Waals surface area contributed by atoms with E-state index in [1.807, 2.05) is 0 Å². The number of carboxylic acid groups (broad SMARTS) is 1. The molecule has 1 saturated heterocycles. The Balaban J connectivity index is 1.60. The molecule has 4 rings (SSSR count). The van der Waals surface area contributed by atoms with Gasteiger partial charge in [0.1, 0.15) is 10.5 Å². The van der Waals surface area contributed by atoms with Crippen LogP contribution in [-0.4, -0.2) is 50.4 Å². The van der Waals surface area contributed by atoms with Crippen LogP contribution in [0, 0.1) is 0 Å². The van der Waals surface area contributed by atoms with E-state index in [1.165, 1.54) is 11.1 Å². The van der Waals surface area contributed by atoms with Gasteiger partial charge in [0.15, 0.2) is 0 Å². The van der Waals surface area contributed by atoms with Crippen LogP contribution >= 0.6 is 11.3 Å². The van der Waals surface area contributed by atoms with E-state index in [0.29, 0.717) is 22.3 Å². The molecule has 6 nitrogen and oxygen atoms in total. The van der Waals surface area contributed by atoms with Crippen LogP contribution < -0.4 is 0 Å². The van der Waals surface area contributed by atoms with Crippen molar-refractivity contribution in [3.05, 3.63) is 46.4 Å². The molecule has 0 atom stereocenters. The van der Waals surface area contributed by atoms with Gasteiger partial charge in [0, 0.05) is 49.1 Å². The molecule has 27 heavy (non-hydrogen) atoms. The second-order valence-corrected chi connectivity index (χ2v) is 7.36. The summed E-state index contributed by atoms with van der Waals surface area (Å²) >= 11 is 1.12. The maximum Gasteiger partial charge on any atom is 0.345 e. The van der Waals surface area contributed by atoms with E-state index in [4.69, 9.17) is 5.11 Å². The zero-order chi connectivity index (χ0) is 19.2. The summed E-state index contributed by atoms with van der Waals surface area (Å²) in [4.78, 5) is 29.6. The number of aromatic nitrogens is 2. The Labute approximate surface area is 156 Å². The van der Waals surface area contributed by atoms with E-state index in [0.717, 1.165) is 11.3 Å². The van der Waals surface area contributed by atoms with Crippen molar-refractivity contribution in [1.82, 2.24) is 14.5 Å². The smallest absolute Gasteiger partial charge is 0.345 e. The lowest BCUT2D eigenvalue weighted by molar-refractivity contribution is -0.0494. The van der Waals surface area contributed by atoms with Crippen LogP contribution in [0.2, 0.25) is 0 Å². The molecule has 0 aliphatic carbocycles. The Kier molecular flexibility index (Phi) is 4.18. The molecular weight excluding hydrogens is 376 g/mol.